The lowest BCUT2D eigenvalue weighted by Gasteiger charge is -2.08. The summed E-state index contributed by atoms with van der Waals surface area (Å²) in [5, 5.41) is 4.63. The zero-order valence-electron chi connectivity index (χ0n) is 13.9. The molecule has 0 aliphatic carbocycles. The number of sulfone groups is 1. The van der Waals surface area contributed by atoms with Crippen molar-refractivity contribution in [3.05, 3.63) is 70.7 Å². The number of thiazole rings is 1. The Bertz CT molecular complexity index is 998. The van der Waals surface area contributed by atoms with Gasteiger partial charge in [0.25, 0.3) is 5.91 Å². The summed E-state index contributed by atoms with van der Waals surface area (Å²) in [4.78, 5) is 16.7. The number of hydrogen-bond donors (Lipinski definition) is 1. The average molecular weight is 388 g/mol. The van der Waals surface area contributed by atoms with E-state index in [9.17, 15) is 13.2 Å². The number of nitrogens with one attached hydrogen (secondary N) is 1. The van der Waals surface area contributed by atoms with E-state index < -0.39 is 9.84 Å². The Morgan fingerprint density at radius 3 is 2.62 bits per heavy atom. The van der Waals surface area contributed by atoms with Crippen LogP contribution in [0.4, 0.5) is 5.69 Å². The van der Waals surface area contributed by atoms with Crippen LogP contribution in [0.5, 0.6) is 5.75 Å². The second-order valence-electron chi connectivity index (χ2n) is 5.55. The van der Waals surface area contributed by atoms with Gasteiger partial charge >= 0.3 is 0 Å². The third-order valence-electron chi connectivity index (χ3n) is 3.51. The minimum atomic E-state index is -3.26. The van der Waals surface area contributed by atoms with Crippen LogP contribution >= 0.6 is 11.3 Å². The summed E-state index contributed by atoms with van der Waals surface area (Å²) in [7, 11) is -3.26. The van der Waals surface area contributed by atoms with Crippen LogP contribution in [0.1, 0.15) is 16.1 Å². The van der Waals surface area contributed by atoms with Crippen LogP contribution in [-0.2, 0) is 16.4 Å². The molecular formula is C18H16N2O4S2. The number of rotatable bonds is 6. The molecule has 0 aliphatic heterocycles. The fraction of sp³-hybridized carbons (Fsp3) is 0.111. The van der Waals surface area contributed by atoms with Crippen molar-refractivity contribution in [2.24, 2.45) is 0 Å². The molecule has 1 aromatic heterocycles. The number of carbonyl (C=O) groups excluding carboxylic acids is 1. The van der Waals surface area contributed by atoms with E-state index in [1.807, 2.05) is 5.38 Å². The molecule has 0 bridgehead atoms. The SMILES string of the molecule is CS(=O)(=O)c1ccc(NC(=O)c2cccc(OCc3cscn3)c2)cc1. The maximum Gasteiger partial charge on any atom is 0.255 e. The van der Waals surface area contributed by atoms with Crippen molar-refractivity contribution in [1.29, 1.82) is 0 Å². The monoisotopic (exact) mass is 388 g/mol. The third kappa shape index (κ3) is 4.68. The Morgan fingerprint density at radius 2 is 1.96 bits per heavy atom. The van der Waals surface area contributed by atoms with Crippen molar-refractivity contribution in [2.75, 3.05) is 11.6 Å². The maximum absolute atomic E-state index is 12.4. The summed E-state index contributed by atoms with van der Waals surface area (Å²) in [6.45, 7) is 0.335. The smallest absolute Gasteiger partial charge is 0.255 e. The molecule has 3 aromatic rings. The molecule has 1 N–H and O–H groups in total. The Hall–Kier alpha value is -2.71. The van der Waals surface area contributed by atoms with Gasteiger partial charge in [-0.1, -0.05) is 6.07 Å². The van der Waals surface area contributed by atoms with Gasteiger partial charge in [0, 0.05) is 22.9 Å². The van der Waals surface area contributed by atoms with E-state index in [1.54, 1.807) is 41.9 Å². The zero-order chi connectivity index (χ0) is 18.6. The van der Waals surface area contributed by atoms with Crippen LogP contribution in [0.25, 0.3) is 0 Å². The second kappa shape index (κ2) is 7.67. The van der Waals surface area contributed by atoms with Crippen molar-refractivity contribution in [1.82, 2.24) is 4.98 Å². The van der Waals surface area contributed by atoms with Gasteiger partial charge in [-0.15, -0.1) is 11.3 Å². The Balaban J connectivity index is 1.67. The van der Waals surface area contributed by atoms with Crippen LogP contribution in [-0.4, -0.2) is 25.6 Å². The number of hydrogen-bond acceptors (Lipinski definition) is 6. The molecule has 1 heterocycles. The molecule has 1 amide bonds. The summed E-state index contributed by atoms with van der Waals surface area (Å²) in [5.41, 5.74) is 3.51. The molecule has 0 spiro atoms. The highest BCUT2D eigenvalue weighted by Crippen LogP contribution is 2.18. The molecular weight excluding hydrogens is 372 g/mol. The largest absolute Gasteiger partial charge is 0.487 e. The van der Waals surface area contributed by atoms with Crippen molar-refractivity contribution in [2.45, 2.75) is 11.5 Å². The van der Waals surface area contributed by atoms with Crippen LogP contribution in [0.2, 0.25) is 0 Å². The molecule has 0 atom stereocenters. The summed E-state index contributed by atoms with van der Waals surface area (Å²) >= 11 is 1.49. The quantitative estimate of drug-likeness (QED) is 0.700. The summed E-state index contributed by atoms with van der Waals surface area (Å²) in [6.07, 6.45) is 1.14. The number of amides is 1. The van der Waals surface area contributed by atoms with Gasteiger partial charge in [-0.3, -0.25) is 4.79 Å². The Labute approximate surface area is 155 Å². The summed E-state index contributed by atoms with van der Waals surface area (Å²) < 4.78 is 28.6. The third-order valence-corrected chi connectivity index (χ3v) is 5.27. The first-order chi connectivity index (χ1) is 12.4. The van der Waals surface area contributed by atoms with Crippen LogP contribution < -0.4 is 10.1 Å². The van der Waals surface area contributed by atoms with E-state index in [2.05, 4.69) is 10.3 Å². The molecule has 0 unspecified atom stereocenters. The van der Waals surface area contributed by atoms with Crippen LogP contribution in [0, 0.1) is 0 Å². The first-order valence-electron chi connectivity index (χ1n) is 7.63. The highest BCUT2D eigenvalue weighted by Gasteiger charge is 2.10. The van der Waals surface area contributed by atoms with Gasteiger partial charge in [-0.25, -0.2) is 13.4 Å². The molecule has 3 rings (SSSR count). The normalized spacial score (nSPS) is 11.1. The van der Waals surface area contributed by atoms with Crippen molar-refractivity contribution >= 4 is 32.8 Å². The molecule has 0 aliphatic rings. The Kier molecular flexibility index (Phi) is 5.34. The van der Waals surface area contributed by atoms with Crippen LogP contribution in [0.15, 0.2) is 64.3 Å². The van der Waals surface area contributed by atoms with E-state index in [0.29, 0.717) is 23.6 Å². The first kappa shape index (κ1) is 18.1. The van der Waals surface area contributed by atoms with Crippen molar-refractivity contribution in [3.63, 3.8) is 0 Å². The van der Waals surface area contributed by atoms with E-state index in [0.717, 1.165) is 11.9 Å². The number of nitrogens with zero attached hydrogens (tertiary/aromatic N) is 1. The van der Waals surface area contributed by atoms with Gasteiger partial charge in [0.05, 0.1) is 16.1 Å². The molecule has 8 heteroatoms. The number of benzene rings is 2. The molecule has 0 radical (unpaired) electrons. The topological polar surface area (TPSA) is 85.4 Å². The molecule has 0 saturated carbocycles. The average Bonchev–Trinajstić information content (AvgIpc) is 3.13. The van der Waals surface area contributed by atoms with E-state index >= 15 is 0 Å². The zero-order valence-corrected chi connectivity index (χ0v) is 15.5. The number of anilines is 1. The van der Waals surface area contributed by atoms with Gasteiger partial charge in [0.15, 0.2) is 9.84 Å². The van der Waals surface area contributed by atoms with E-state index in [4.69, 9.17) is 4.74 Å². The first-order valence-corrected chi connectivity index (χ1v) is 10.5. The maximum atomic E-state index is 12.4. The lowest BCUT2D eigenvalue weighted by atomic mass is 10.2. The number of ether oxygens (including phenoxy) is 1. The molecule has 0 fully saturated rings. The number of aromatic nitrogens is 1. The minimum absolute atomic E-state index is 0.202. The predicted octanol–water partition coefficient (Wildman–Crippen LogP) is 3.38. The predicted molar refractivity (Wildman–Crippen MR) is 100 cm³/mol. The number of carbonyl (C=O) groups is 1. The fourth-order valence-corrected chi connectivity index (χ4v) is 3.36. The van der Waals surface area contributed by atoms with Crippen molar-refractivity contribution in [3.8, 4) is 5.75 Å². The molecule has 0 saturated heterocycles. The lowest BCUT2D eigenvalue weighted by molar-refractivity contribution is 0.102. The van der Waals surface area contributed by atoms with Gasteiger partial charge in [0.2, 0.25) is 0 Å². The van der Waals surface area contributed by atoms with Gasteiger partial charge in [0.1, 0.15) is 12.4 Å². The molecule has 134 valence electrons. The Morgan fingerprint density at radius 1 is 1.19 bits per heavy atom. The van der Waals surface area contributed by atoms with E-state index in [1.165, 1.54) is 23.5 Å². The standard InChI is InChI=1S/C18H16N2O4S2/c1-26(22,23)17-7-5-14(6-8-17)20-18(21)13-3-2-4-16(9-13)24-10-15-11-25-12-19-15/h2-9,11-12H,10H2,1H3,(H,20,21). The second-order valence-corrected chi connectivity index (χ2v) is 8.28. The van der Waals surface area contributed by atoms with E-state index in [-0.39, 0.29) is 10.8 Å². The molecule has 2 aromatic carbocycles. The summed E-state index contributed by atoms with van der Waals surface area (Å²) in [5.74, 6) is 0.259. The minimum Gasteiger partial charge on any atom is -0.487 e. The highest BCUT2D eigenvalue weighted by molar-refractivity contribution is 7.90. The van der Waals surface area contributed by atoms with Gasteiger partial charge in [-0.05, 0) is 42.5 Å². The van der Waals surface area contributed by atoms with Crippen molar-refractivity contribution < 1.29 is 17.9 Å². The molecule has 6 nitrogen and oxygen atoms in total. The highest BCUT2D eigenvalue weighted by atomic mass is 32.2. The fourth-order valence-electron chi connectivity index (χ4n) is 2.18. The van der Waals surface area contributed by atoms with Gasteiger partial charge < -0.3 is 10.1 Å². The lowest BCUT2D eigenvalue weighted by Crippen LogP contribution is -2.12. The molecule has 26 heavy (non-hydrogen) atoms. The van der Waals surface area contributed by atoms with Gasteiger partial charge in [-0.2, -0.15) is 0 Å². The summed E-state index contributed by atoms with van der Waals surface area (Å²) in [6, 6.07) is 12.8. The van der Waals surface area contributed by atoms with Crippen LogP contribution in [0.3, 0.4) is 0 Å².